The quantitative estimate of drug-likeness (QED) is 0.844. The first-order valence-corrected chi connectivity index (χ1v) is 7.12. The van der Waals surface area contributed by atoms with Crippen LogP contribution >= 0.6 is 11.6 Å². The molecule has 0 fully saturated rings. The van der Waals surface area contributed by atoms with Crippen LogP contribution in [0.3, 0.4) is 0 Å². The van der Waals surface area contributed by atoms with Crippen molar-refractivity contribution in [3.8, 4) is 17.6 Å². The number of nitrogen functional groups attached to an aromatic ring is 1. The Balaban J connectivity index is 2.04. The first-order chi connectivity index (χ1) is 11.0. The number of hydrogen-bond acceptors (Lipinski definition) is 5. The molecule has 7 heteroatoms. The third-order valence-corrected chi connectivity index (χ3v) is 3.19. The van der Waals surface area contributed by atoms with E-state index >= 15 is 0 Å². The monoisotopic (exact) mass is 330 g/mol. The minimum absolute atomic E-state index is 0.316. The summed E-state index contributed by atoms with van der Waals surface area (Å²) >= 11 is 5.99. The average Bonchev–Trinajstić information content (AvgIpc) is 2.53. The van der Waals surface area contributed by atoms with Gasteiger partial charge in [0.15, 0.2) is 0 Å². The summed E-state index contributed by atoms with van der Waals surface area (Å²) in [5, 5.41) is 3.04. The largest absolute Gasteiger partial charge is 0.495 e. The van der Waals surface area contributed by atoms with Gasteiger partial charge in [-0.2, -0.15) is 0 Å². The normalized spacial score (nSPS) is 11.1. The van der Waals surface area contributed by atoms with E-state index < -0.39 is 5.91 Å². The Hall–Kier alpha value is -2.78. The van der Waals surface area contributed by atoms with E-state index in [9.17, 15) is 4.79 Å². The Kier molecular flexibility index (Phi) is 5.39. The van der Waals surface area contributed by atoms with Crippen molar-refractivity contribution in [1.82, 2.24) is 9.97 Å². The fraction of sp³-hybridized carbons (Fsp3) is 0.188. The van der Waals surface area contributed by atoms with Gasteiger partial charge in [0.2, 0.25) is 0 Å². The van der Waals surface area contributed by atoms with Crippen molar-refractivity contribution >= 4 is 29.0 Å². The third-order valence-electron chi connectivity index (χ3n) is 2.89. The van der Waals surface area contributed by atoms with Crippen LogP contribution < -0.4 is 15.8 Å². The van der Waals surface area contributed by atoms with E-state index in [0.717, 1.165) is 0 Å². The molecule has 23 heavy (non-hydrogen) atoms. The minimum atomic E-state index is -0.456. The zero-order chi connectivity index (χ0) is 16.8. The van der Waals surface area contributed by atoms with Crippen molar-refractivity contribution in [3.05, 3.63) is 41.3 Å². The molecule has 0 aliphatic heterocycles. The fourth-order valence-electron chi connectivity index (χ4n) is 1.74. The van der Waals surface area contributed by atoms with Crippen molar-refractivity contribution in [1.29, 1.82) is 0 Å². The van der Waals surface area contributed by atoms with Gasteiger partial charge in [-0.25, -0.2) is 9.97 Å². The van der Waals surface area contributed by atoms with Gasteiger partial charge >= 0.3 is 0 Å². The molecular weight excluding hydrogens is 316 g/mol. The summed E-state index contributed by atoms with van der Waals surface area (Å²) in [4.78, 5) is 20.0. The number of carbonyl (C=O) groups is 1. The molecule has 3 N–H and O–H groups in total. The molecule has 0 spiro atoms. The van der Waals surface area contributed by atoms with Gasteiger partial charge in [-0.15, -0.1) is 0 Å². The number of carbonyl (C=O) groups excluding carboxylic acids is 1. The molecule has 0 radical (unpaired) electrons. The SMILES string of the molecule is COc1ccc(NC(=O)C#CC(C)c2nccc(N)n2)cc1Cl. The number of anilines is 2. The predicted molar refractivity (Wildman–Crippen MR) is 89.3 cm³/mol. The Morgan fingerprint density at radius 2 is 2.22 bits per heavy atom. The van der Waals surface area contributed by atoms with Crippen LogP contribution in [0.4, 0.5) is 11.5 Å². The molecule has 1 heterocycles. The van der Waals surface area contributed by atoms with Gasteiger partial charge in [0.1, 0.15) is 17.4 Å². The van der Waals surface area contributed by atoms with Crippen LogP contribution in [0.1, 0.15) is 18.7 Å². The first-order valence-electron chi connectivity index (χ1n) is 6.74. The number of ether oxygens (including phenoxy) is 1. The molecule has 0 bridgehead atoms. The number of hydrogen-bond donors (Lipinski definition) is 2. The zero-order valence-corrected chi connectivity index (χ0v) is 13.4. The lowest BCUT2D eigenvalue weighted by molar-refractivity contribution is -0.111. The van der Waals surface area contributed by atoms with E-state index in [2.05, 4.69) is 27.1 Å². The Morgan fingerprint density at radius 1 is 1.43 bits per heavy atom. The lowest BCUT2D eigenvalue weighted by atomic mass is 10.1. The van der Waals surface area contributed by atoms with Crippen molar-refractivity contribution in [3.63, 3.8) is 0 Å². The highest BCUT2D eigenvalue weighted by Crippen LogP contribution is 2.27. The maximum atomic E-state index is 11.9. The lowest BCUT2D eigenvalue weighted by Gasteiger charge is -2.06. The third kappa shape index (κ3) is 4.59. The van der Waals surface area contributed by atoms with Crippen LogP contribution in [0.25, 0.3) is 0 Å². The fourth-order valence-corrected chi connectivity index (χ4v) is 2.00. The Labute approximate surface area is 139 Å². The number of benzene rings is 1. The minimum Gasteiger partial charge on any atom is -0.495 e. The van der Waals surface area contributed by atoms with Crippen LogP contribution in [-0.2, 0) is 4.79 Å². The molecule has 1 atom stereocenters. The highest BCUT2D eigenvalue weighted by molar-refractivity contribution is 6.32. The first kappa shape index (κ1) is 16.6. The van der Waals surface area contributed by atoms with E-state index in [-0.39, 0.29) is 5.92 Å². The summed E-state index contributed by atoms with van der Waals surface area (Å²) in [5.41, 5.74) is 6.12. The number of amides is 1. The molecule has 2 rings (SSSR count). The smallest absolute Gasteiger partial charge is 0.300 e. The second-order valence-corrected chi connectivity index (χ2v) is 5.04. The Morgan fingerprint density at radius 3 is 2.87 bits per heavy atom. The van der Waals surface area contributed by atoms with Gasteiger partial charge < -0.3 is 15.8 Å². The van der Waals surface area contributed by atoms with Gasteiger partial charge in [0.25, 0.3) is 5.91 Å². The molecule has 0 aliphatic rings. The van der Waals surface area contributed by atoms with Crippen LogP contribution in [0.2, 0.25) is 5.02 Å². The number of aromatic nitrogens is 2. The van der Waals surface area contributed by atoms with Crippen LogP contribution in [0.15, 0.2) is 30.5 Å². The van der Waals surface area contributed by atoms with E-state index in [1.54, 1.807) is 37.4 Å². The van der Waals surface area contributed by atoms with Crippen molar-refractivity contribution in [2.45, 2.75) is 12.8 Å². The van der Waals surface area contributed by atoms with E-state index in [4.69, 9.17) is 22.1 Å². The van der Waals surface area contributed by atoms with Gasteiger partial charge in [-0.1, -0.05) is 17.5 Å². The van der Waals surface area contributed by atoms with Crippen LogP contribution in [0.5, 0.6) is 5.75 Å². The zero-order valence-electron chi connectivity index (χ0n) is 12.6. The molecular formula is C16H15ClN4O2. The number of halogens is 1. The molecule has 118 valence electrons. The highest BCUT2D eigenvalue weighted by atomic mass is 35.5. The number of nitrogens with zero attached hydrogens (tertiary/aromatic N) is 2. The van der Waals surface area contributed by atoms with Crippen molar-refractivity contribution in [2.75, 3.05) is 18.2 Å². The molecule has 0 aliphatic carbocycles. The van der Waals surface area contributed by atoms with E-state index in [1.807, 2.05) is 0 Å². The summed E-state index contributed by atoms with van der Waals surface area (Å²) in [5.74, 6) is 5.88. The number of nitrogens with two attached hydrogens (primary N) is 1. The average molecular weight is 331 g/mol. The van der Waals surface area contributed by atoms with Crippen molar-refractivity contribution < 1.29 is 9.53 Å². The van der Waals surface area contributed by atoms with Gasteiger partial charge in [0, 0.05) is 11.9 Å². The van der Waals surface area contributed by atoms with Crippen LogP contribution in [0, 0.1) is 11.8 Å². The second-order valence-electron chi connectivity index (χ2n) is 4.63. The summed E-state index contributed by atoms with van der Waals surface area (Å²) in [6, 6.07) is 6.51. The summed E-state index contributed by atoms with van der Waals surface area (Å²) < 4.78 is 5.05. The summed E-state index contributed by atoms with van der Waals surface area (Å²) in [6.45, 7) is 1.79. The van der Waals surface area contributed by atoms with Gasteiger partial charge in [0.05, 0.1) is 18.1 Å². The topological polar surface area (TPSA) is 90.1 Å². The van der Waals surface area contributed by atoms with Gasteiger partial charge in [-0.05, 0) is 37.1 Å². The molecule has 0 saturated carbocycles. The van der Waals surface area contributed by atoms with Crippen molar-refractivity contribution in [2.24, 2.45) is 0 Å². The number of nitrogens with one attached hydrogen (secondary N) is 1. The second kappa shape index (κ2) is 7.47. The number of rotatable bonds is 3. The lowest BCUT2D eigenvalue weighted by Crippen LogP contribution is -2.09. The summed E-state index contributed by atoms with van der Waals surface area (Å²) in [6.07, 6.45) is 1.55. The maximum Gasteiger partial charge on any atom is 0.300 e. The number of methoxy groups -OCH3 is 1. The molecule has 1 unspecified atom stereocenters. The highest BCUT2D eigenvalue weighted by Gasteiger charge is 2.07. The molecule has 6 nitrogen and oxygen atoms in total. The van der Waals surface area contributed by atoms with Crippen LogP contribution in [-0.4, -0.2) is 23.0 Å². The molecule has 1 aromatic heterocycles. The Bertz CT molecular complexity index is 783. The van der Waals surface area contributed by atoms with E-state index in [1.165, 1.54) is 7.11 Å². The molecule has 1 amide bonds. The molecule has 0 saturated heterocycles. The molecule has 1 aromatic carbocycles. The van der Waals surface area contributed by atoms with Gasteiger partial charge in [-0.3, -0.25) is 4.79 Å². The maximum absolute atomic E-state index is 11.9. The summed E-state index contributed by atoms with van der Waals surface area (Å²) in [7, 11) is 1.52. The van der Waals surface area contributed by atoms with E-state index in [0.29, 0.717) is 28.1 Å². The standard InChI is InChI=1S/C16H15ClN4O2/c1-10(16-19-8-7-14(18)21-16)3-6-15(22)20-11-4-5-13(23-2)12(17)9-11/h4-5,7-10H,1-2H3,(H,20,22)(H2,18,19,21). The molecule has 2 aromatic rings. The predicted octanol–water partition coefficient (Wildman–Crippen LogP) is 2.47.